The number of hydrogen-bond donors (Lipinski definition) is 1. The van der Waals surface area contributed by atoms with Gasteiger partial charge in [0.1, 0.15) is 5.60 Å². The Bertz CT molecular complexity index is 846. The zero-order valence-electron chi connectivity index (χ0n) is 15.8. The summed E-state index contributed by atoms with van der Waals surface area (Å²) >= 11 is 0. The predicted molar refractivity (Wildman–Crippen MR) is 102 cm³/mol. The van der Waals surface area contributed by atoms with Gasteiger partial charge in [0.05, 0.1) is 6.61 Å². The summed E-state index contributed by atoms with van der Waals surface area (Å²) in [4.78, 5) is 14.4. The summed E-state index contributed by atoms with van der Waals surface area (Å²) in [5, 5.41) is 12.4. The molecule has 4 nitrogen and oxygen atoms in total. The fourth-order valence-corrected chi connectivity index (χ4v) is 4.87. The summed E-state index contributed by atoms with van der Waals surface area (Å²) in [5.41, 5.74) is 0.470. The SMILES string of the molecule is CC(C)(C)OC(=O)N1CC2(CO)CC(c3ccc4ccccc4c3)(C1)C2. The summed E-state index contributed by atoms with van der Waals surface area (Å²) in [7, 11) is 0. The van der Waals surface area contributed by atoms with Crippen molar-refractivity contribution in [2.24, 2.45) is 5.41 Å². The molecule has 1 saturated carbocycles. The van der Waals surface area contributed by atoms with Gasteiger partial charge in [0.2, 0.25) is 0 Å². The molecule has 1 amide bonds. The molecule has 2 aliphatic heterocycles. The average Bonchev–Trinajstić information content (AvgIpc) is 2.59. The van der Waals surface area contributed by atoms with Crippen molar-refractivity contribution in [2.45, 2.75) is 44.6 Å². The monoisotopic (exact) mass is 353 g/mol. The van der Waals surface area contributed by atoms with E-state index >= 15 is 0 Å². The number of aliphatic hydroxyl groups is 1. The number of benzene rings is 2. The van der Waals surface area contributed by atoms with E-state index < -0.39 is 5.60 Å². The lowest BCUT2D eigenvalue weighted by Gasteiger charge is -2.63. The van der Waals surface area contributed by atoms with Crippen molar-refractivity contribution >= 4 is 16.9 Å². The van der Waals surface area contributed by atoms with E-state index in [4.69, 9.17) is 4.74 Å². The first-order valence-electron chi connectivity index (χ1n) is 9.32. The molecule has 1 N–H and O–H groups in total. The predicted octanol–water partition coefficient (Wildman–Crippen LogP) is 4.10. The number of aliphatic hydroxyl groups excluding tert-OH is 1. The number of nitrogens with zero attached hydrogens (tertiary/aromatic N) is 1. The summed E-state index contributed by atoms with van der Waals surface area (Å²) in [5.74, 6) is 0. The Balaban J connectivity index is 1.65. The molecule has 5 rings (SSSR count). The van der Waals surface area contributed by atoms with Crippen LogP contribution in [0.4, 0.5) is 4.79 Å². The Hall–Kier alpha value is -2.07. The first-order valence-corrected chi connectivity index (χ1v) is 9.32. The fourth-order valence-electron chi connectivity index (χ4n) is 4.87. The molecule has 2 saturated heterocycles. The highest BCUT2D eigenvalue weighted by Crippen LogP contribution is 2.59. The molecule has 2 aromatic carbocycles. The van der Waals surface area contributed by atoms with E-state index in [2.05, 4.69) is 36.4 Å². The molecule has 26 heavy (non-hydrogen) atoms. The second kappa shape index (κ2) is 5.71. The molecule has 0 radical (unpaired) electrons. The number of carbonyl (C=O) groups is 1. The molecule has 4 heteroatoms. The molecule has 0 atom stereocenters. The van der Waals surface area contributed by atoms with Crippen LogP contribution in [0.3, 0.4) is 0 Å². The van der Waals surface area contributed by atoms with Crippen molar-refractivity contribution in [3.8, 4) is 0 Å². The Morgan fingerprint density at radius 1 is 1.12 bits per heavy atom. The maximum atomic E-state index is 12.6. The zero-order chi connectivity index (χ0) is 18.6. The van der Waals surface area contributed by atoms with Crippen LogP contribution in [-0.4, -0.2) is 41.4 Å². The fraction of sp³-hybridized carbons (Fsp3) is 0.500. The molecule has 2 heterocycles. The molecular weight excluding hydrogens is 326 g/mol. The highest BCUT2D eigenvalue weighted by Gasteiger charge is 2.61. The average molecular weight is 353 g/mol. The Labute approximate surface area is 154 Å². The molecule has 2 aromatic rings. The van der Waals surface area contributed by atoms with Crippen LogP contribution in [0, 0.1) is 5.41 Å². The number of piperidine rings is 2. The lowest BCUT2D eigenvalue weighted by Crippen LogP contribution is -2.67. The first kappa shape index (κ1) is 17.3. The Kier molecular flexibility index (Phi) is 3.81. The van der Waals surface area contributed by atoms with Gasteiger partial charge >= 0.3 is 6.09 Å². The quantitative estimate of drug-likeness (QED) is 0.884. The van der Waals surface area contributed by atoms with Crippen LogP contribution in [-0.2, 0) is 10.2 Å². The van der Waals surface area contributed by atoms with E-state index in [-0.39, 0.29) is 23.5 Å². The lowest BCUT2D eigenvalue weighted by atomic mass is 9.48. The van der Waals surface area contributed by atoms with Crippen LogP contribution in [0.25, 0.3) is 10.8 Å². The molecule has 3 fully saturated rings. The summed E-state index contributed by atoms with van der Waals surface area (Å²) < 4.78 is 5.59. The summed E-state index contributed by atoms with van der Waals surface area (Å²) in [6, 6.07) is 14.9. The van der Waals surface area contributed by atoms with Gasteiger partial charge in [-0.3, -0.25) is 0 Å². The minimum absolute atomic E-state index is 0.0814. The molecule has 0 unspecified atom stereocenters. The van der Waals surface area contributed by atoms with Gasteiger partial charge in [0.25, 0.3) is 0 Å². The van der Waals surface area contributed by atoms with Crippen molar-refractivity contribution in [1.82, 2.24) is 4.90 Å². The number of hydrogen-bond acceptors (Lipinski definition) is 3. The van der Waals surface area contributed by atoms with E-state index in [1.165, 1.54) is 16.3 Å². The van der Waals surface area contributed by atoms with Crippen molar-refractivity contribution in [2.75, 3.05) is 19.7 Å². The number of amides is 1. The van der Waals surface area contributed by atoms with Gasteiger partial charge in [-0.2, -0.15) is 0 Å². The van der Waals surface area contributed by atoms with Crippen LogP contribution < -0.4 is 0 Å². The third kappa shape index (κ3) is 2.86. The third-order valence-electron chi connectivity index (χ3n) is 5.80. The smallest absolute Gasteiger partial charge is 0.410 e. The van der Waals surface area contributed by atoms with Crippen molar-refractivity contribution in [3.63, 3.8) is 0 Å². The molecule has 0 spiro atoms. The second-order valence-electron chi connectivity index (χ2n) is 9.19. The lowest BCUT2D eigenvalue weighted by molar-refractivity contribution is -0.112. The zero-order valence-corrected chi connectivity index (χ0v) is 15.8. The number of fused-ring (bicyclic) bond motifs is 3. The van der Waals surface area contributed by atoms with E-state index in [0.717, 1.165) is 12.8 Å². The van der Waals surface area contributed by atoms with Crippen LogP contribution in [0.2, 0.25) is 0 Å². The van der Waals surface area contributed by atoms with Gasteiger partial charge in [-0.05, 0) is 49.9 Å². The standard InChI is InChI=1S/C22H27NO3/c1-20(2,3)26-19(25)23-13-21(15-24)11-22(12-21,14-23)18-9-8-16-6-4-5-7-17(16)10-18/h4-10,24H,11-15H2,1-3H3. The van der Waals surface area contributed by atoms with Crippen LogP contribution in [0.1, 0.15) is 39.2 Å². The molecule has 138 valence electrons. The molecule has 0 aromatic heterocycles. The van der Waals surface area contributed by atoms with Gasteiger partial charge in [0, 0.05) is 23.9 Å². The summed E-state index contributed by atoms with van der Waals surface area (Å²) in [6.45, 7) is 7.00. The minimum atomic E-state index is -0.513. The highest BCUT2D eigenvalue weighted by atomic mass is 16.6. The number of carbonyl (C=O) groups excluding carboxylic acids is 1. The molecule has 2 bridgehead atoms. The summed E-state index contributed by atoms with van der Waals surface area (Å²) in [6.07, 6.45) is 1.57. The van der Waals surface area contributed by atoms with Gasteiger partial charge in [-0.1, -0.05) is 42.5 Å². The maximum Gasteiger partial charge on any atom is 0.410 e. The highest BCUT2D eigenvalue weighted by molar-refractivity contribution is 5.83. The van der Waals surface area contributed by atoms with Gasteiger partial charge < -0.3 is 14.7 Å². The first-order chi connectivity index (χ1) is 12.2. The van der Waals surface area contributed by atoms with Gasteiger partial charge in [-0.15, -0.1) is 0 Å². The van der Waals surface area contributed by atoms with E-state index in [0.29, 0.717) is 13.1 Å². The van der Waals surface area contributed by atoms with E-state index in [1.54, 1.807) is 4.90 Å². The third-order valence-corrected chi connectivity index (χ3v) is 5.80. The van der Waals surface area contributed by atoms with Crippen LogP contribution >= 0.6 is 0 Å². The maximum absolute atomic E-state index is 12.6. The van der Waals surface area contributed by atoms with Crippen molar-refractivity contribution in [3.05, 3.63) is 48.0 Å². The second-order valence-corrected chi connectivity index (χ2v) is 9.19. The topological polar surface area (TPSA) is 49.8 Å². The molecule has 3 aliphatic rings. The Morgan fingerprint density at radius 3 is 2.46 bits per heavy atom. The number of ether oxygens (including phenoxy) is 1. The molecule has 1 aliphatic carbocycles. The Morgan fingerprint density at radius 2 is 1.81 bits per heavy atom. The van der Waals surface area contributed by atoms with Crippen molar-refractivity contribution in [1.29, 1.82) is 0 Å². The van der Waals surface area contributed by atoms with Crippen LogP contribution in [0.15, 0.2) is 42.5 Å². The normalized spacial score (nSPS) is 27.9. The van der Waals surface area contributed by atoms with E-state index in [9.17, 15) is 9.90 Å². The van der Waals surface area contributed by atoms with Gasteiger partial charge in [0.15, 0.2) is 0 Å². The van der Waals surface area contributed by atoms with Crippen LogP contribution in [0.5, 0.6) is 0 Å². The van der Waals surface area contributed by atoms with Gasteiger partial charge in [-0.25, -0.2) is 4.79 Å². The molecular formula is C22H27NO3. The van der Waals surface area contributed by atoms with Crippen molar-refractivity contribution < 1.29 is 14.6 Å². The van der Waals surface area contributed by atoms with E-state index in [1.807, 2.05) is 26.8 Å². The minimum Gasteiger partial charge on any atom is -0.444 e. The largest absolute Gasteiger partial charge is 0.444 e. The number of rotatable bonds is 2.